The van der Waals surface area contributed by atoms with E-state index in [9.17, 15) is 9.90 Å². The van der Waals surface area contributed by atoms with E-state index in [2.05, 4.69) is 5.32 Å². The molecule has 0 aliphatic carbocycles. The fourth-order valence-corrected chi connectivity index (χ4v) is 2.35. The van der Waals surface area contributed by atoms with Crippen molar-refractivity contribution in [3.8, 4) is 5.75 Å². The minimum atomic E-state index is -0.531. The van der Waals surface area contributed by atoms with Crippen molar-refractivity contribution >= 4 is 11.6 Å². The first-order valence-corrected chi connectivity index (χ1v) is 6.48. The standard InChI is InChI=1S/C14H20N2O3/c1-10-6-7-15-13(9-17)14(18)16(10)11-4-3-5-12(8-11)19-2/h3-5,8,10,13,15,17H,6-7,9H2,1-2H3. The van der Waals surface area contributed by atoms with Gasteiger partial charge < -0.3 is 20.1 Å². The molecule has 2 rings (SSSR count). The molecule has 1 fully saturated rings. The number of methoxy groups -OCH3 is 1. The lowest BCUT2D eigenvalue weighted by Crippen LogP contribution is -2.47. The van der Waals surface area contributed by atoms with Gasteiger partial charge in [0.05, 0.1) is 13.7 Å². The van der Waals surface area contributed by atoms with E-state index >= 15 is 0 Å². The van der Waals surface area contributed by atoms with Gasteiger partial charge in [0.1, 0.15) is 11.8 Å². The number of hydrogen-bond donors (Lipinski definition) is 2. The van der Waals surface area contributed by atoms with E-state index < -0.39 is 6.04 Å². The number of carbonyl (C=O) groups excluding carboxylic acids is 1. The average Bonchev–Trinajstić information content (AvgIpc) is 2.57. The lowest BCUT2D eigenvalue weighted by atomic mass is 10.1. The molecule has 1 aromatic rings. The van der Waals surface area contributed by atoms with Crippen LogP contribution in [-0.4, -0.2) is 43.4 Å². The first-order valence-electron chi connectivity index (χ1n) is 6.48. The molecule has 2 unspecified atom stereocenters. The second-order valence-corrected chi connectivity index (χ2v) is 4.74. The normalized spacial score (nSPS) is 24.2. The summed E-state index contributed by atoms with van der Waals surface area (Å²) in [7, 11) is 1.60. The smallest absolute Gasteiger partial charge is 0.246 e. The number of nitrogens with zero attached hydrogens (tertiary/aromatic N) is 1. The van der Waals surface area contributed by atoms with Crippen molar-refractivity contribution in [2.24, 2.45) is 0 Å². The van der Waals surface area contributed by atoms with Gasteiger partial charge >= 0.3 is 0 Å². The summed E-state index contributed by atoms with van der Waals surface area (Å²) in [5, 5.41) is 12.4. The lowest BCUT2D eigenvalue weighted by molar-refractivity contribution is -0.121. The number of carbonyl (C=O) groups is 1. The van der Waals surface area contributed by atoms with Crippen LogP contribution < -0.4 is 15.0 Å². The number of hydrogen-bond acceptors (Lipinski definition) is 4. The summed E-state index contributed by atoms with van der Waals surface area (Å²) in [4.78, 5) is 14.2. The van der Waals surface area contributed by atoms with Crippen LogP contribution in [0, 0.1) is 0 Å². The van der Waals surface area contributed by atoms with Crippen molar-refractivity contribution in [2.45, 2.75) is 25.4 Å². The Morgan fingerprint density at radius 2 is 2.32 bits per heavy atom. The van der Waals surface area contributed by atoms with Gasteiger partial charge in [0.15, 0.2) is 0 Å². The third-order valence-corrected chi connectivity index (χ3v) is 3.44. The number of nitrogens with one attached hydrogen (secondary N) is 1. The first-order chi connectivity index (χ1) is 9.17. The third-order valence-electron chi connectivity index (χ3n) is 3.44. The van der Waals surface area contributed by atoms with Crippen molar-refractivity contribution in [1.82, 2.24) is 5.32 Å². The minimum Gasteiger partial charge on any atom is -0.497 e. The summed E-state index contributed by atoms with van der Waals surface area (Å²) in [6.45, 7) is 2.55. The Morgan fingerprint density at radius 3 is 3.00 bits per heavy atom. The van der Waals surface area contributed by atoms with E-state index in [-0.39, 0.29) is 18.6 Å². The van der Waals surface area contributed by atoms with Gasteiger partial charge in [-0.15, -0.1) is 0 Å². The molecule has 0 bridgehead atoms. The van der Waals surface area contributed by atoms with E-state index in [0.29, 0.717) is 0 Å². The molecule has 19 heavy (non-hydrogen) atoms. The third kappa shape index (κ3) is 2.88. The van der Waals surface area contributed by atoms with Crippen molar-refractivity contribution < 1.29 is 14.6 Å². The van der Waals surface area contributed by atoms with E-state index in [4.69, 9.17) is 4.74 Å². The Morgan fingerprint density at radius 1 is 1.53 bits per heavy atom. The number of ether oxygens (including phenoxy) is 1. The summed E-state index contributed by atoms with van der Waals surface area (Å²) in [6.07, 6.45) is 0.847. The van der Waals surface area contributed by atoms with E-state index in [1.54, 1.807) is 12.0 Å². The molecule has 2 N–H and O–H groups in total. The fraction of sp³-hybridized carbons (Fsp3) is 0.500. The maximum atomic E-state index is 12.4. The highest BCUT2D eigenvalue weighted by atomic mass is 16.5. The second kappa shape index (κ2) is 6.04. The molecule has 1 aliphatic heterocycles. The highest BCUT2D eigenvalue weighted by molar-refractivity contribution is 5.98. The van der Waals surface area contributed by atoms with Crippen molar-refractivity contribution in [3.63, 3.8) is 0 Å². The maximum Gasteiger partial charge on any atom is 0.246 e. The molecule has 1 saturated heterocycles. The highest BCUT2D eigenvalue weighted by Gasteiger charge is 2.31. The van der Waals surface area contributed by atoms with Crippen LogP contribution in [-0.2, 0) is 4.79 Å². The topological polar surface area (TPSA) is 61.8 Å². The number of aliphatic hydroxyl groups excluding tert-OH is 1. The predicted molar refractivity (Wildman–Crippen MR) is 73.4 cm³/mol. The van der Waals surface area contributed by atoms with Crippen LogP contribution in [0.25, 0.3) is 0 Å². The van der Waals surface area contributed by atoms with Crippen molar-refractivity contribution in [3.05, 3.63) is 24.3 Å². The zero-order chi connectivity index (χ0) is 13.8. The average molecular weight is 264 g/mol. The van der Waals surface area contributed by atoms with Gasteiger partial charge in [-0.1, -0.05) is 6.07 Å². The van der Waals surface area contributed by atoms with E-state index in [1.165, 1.54) is 0 Å². The molecule has 5 nitrogen and oxygen atoms in total. The van der Waals surface area contributed by atoms with E-state index in [0.717, 1.165) is 24.4 Å². The Hall–Kier alpha value is -1.59. The molecule has 0 spiro atoms. The second-order valence-electron chi connectivity index (χ2n) is 4.74. The van der Waals surface area contributed by atoms with Gasteiger partial charge in [0.25, 0.3) is 0 Å². The Bertz CT molecular complexity index is 450. The SMILES string of the molecule is COc1cccc(N2C(=O)C(CO)NCCC2C)c1. The van der Waals surface area contributed by atoms with E-state index in [1.807, 2.05) is 31.2 Å². The van der Waals surface area contributed by atoms with Gasteiger partial charge in [-0.25, -0.2) is 0 Å². The first kappa shape index (κ1) is 13.8. The zero-order valence-corrected chi connectivity index (χ0v) is 11.3. The molecule has 5 heteroatoms. The van der Waals surface area contributed by atoms with Crippen LogP contribution in [0.15, 0.2) is 24.3 Å². The lowest BCUT2D eigenvalue weighted by Gasteiger charge is -2.29. The van der Waals surface area contributed by atoms with Crippen LogP contribution in [0.1, 0.15) is 13.3 Å². The van der Waals surface area contributed by atoms with Gasteiger partial charge in [-0.3, -0.25) is 4.79 Å². The summed E-state index contributed by atoms with van der Waals surface area (Å²) in [6, 6.07) is 6.99. The van der Waals surface area contributed by atoms with Gasteiger partial charge in [-0.05, 0) is 32.0 Å². The van der Waals surface area contributed by atoms with Gasteiger partial charge in [0.2, 0.25) is 5.91 Å². The summed E-state index contributed by atoms with van der Waals surface area (Å²) < 4.78 is 5.20. The number of rotatable bonds is 3. The summed E-state index contributed by atoms with van der Waals surface area (Å²) >= 11 is 0. The predicted octanol–water partition coefficient (Wildman–Crippen LogP) is 0.771. The zero-order valence-electron chi connectivity index (χ0n) is 11.3. The van der Waals surface area contributed by atoms with Crippen LogP contribution in [0.5, 0.6) is 5.75 Å². The Kier molecular flexibility index (Phi) is 4.39. The number of aliphatic hydroxyl groups is 1. The monoisotopic (exact) mass is 264 g/mol. The minimum absolute atomic E-state index is 0.0867. The fourth-order valence-electron chi connectivity index (χ4n) is 2.35. The number of benzene rings is 1. The molecule has 1 heterocycles. The van der Waals surface area contributed by atoms with Crippen LogP contribution in [0.4, 0.5) is 5.69 Å². The number of amides is 1. The molecular formula is C14H20N2O3. The molecule has 2 atom stereocenters. The molecule has 1 aromatic carbocycles. The van der Waals surface area contributed by atoms with Crippen molar-refractivity contribution in [2.75, 3.05) is 25.2 Å². The van der Waals surface area contributed by atoms with Crippen LogP contribution >= 0.6 is 0 Å². The van der Waals surface area contributed by atoms with Crippen LogP contribution in [0.3, 0.4) is 0 Å². The molecule has 0 aromatic heterocycles. The summed E-state index contributed by atoms with van der Waals surface area (Å²) in [5.74, 6) is 0.621. The Balaban J connectivity index is 2.34. The molecule has 0 saturated carbocycles. The largest absolute Gasteiger partial charge is 0.497 e. The van der Waals surface area contributed by atoms with Gasteiger partial charge in [0, 0.05) is 17.8 Å². The van der Waals surface area contributed by atoms with Gasteiger partial charge in [-0.2, -0.15) is 0 Å². The highest BCUT2D eigenvalue weighted by Crippen LogP contribution is 2.25. The quantitative estimate of drug-likeness (QED) is 0.846. The molecular weight excluding hydrogens is 244 g/mol. The summed E-state index contributed by atoms with van der Waals surface area (Å²) in [5.41, 5.74) is 0.805. The van der Waals surface area contributed by atoms with Crippen molar-refractivity contribution in [1.29, 1.82) is 0 Å². The number of anilines is 1. The molecule has 1 amide bonds. The maximum absolute atomic E-state index is 12.4. The van der Waals surface area contributed by atoms with Crippen LogP contribution in [0.2, 0.25) is 0 Å². The Labute approximate surface area is 113 Å². The molecule has 0 radical (unpaired) electrons. The molecule has 1 aliphatic rings. The molecule has 104 valence electrons.